The molecule has 0 fully saturated rings. The van der Waals surface area contributed by atoms with E-state index in [1.54, 1.807) is 0 Å². The first-order valence-electron chi connectivity index (χ1n) is 9.24. The van der Waals surface area contributed by atoms with E-state index in [1.807, 2.05) is 72.8 Å². The van der Waals surface area contributed by atoms with E-state index in [0.717, 1.165) is 33.5 Å². The van der Waals surface area contributed by atoms with E-state index in [1.165, 1.54) is 0 Å². The van der Waals surface area contributed by atoms with Crippen molar-refractivity contribution < 1.29 is 7.94 Å². The fourth-order valence-electron chi connectivity index (χ4n) is 2.80. The normalized spacial score (nSPS) is 11.1. The summed E-state index contributed by atoms with van der Waals surface area (Å²) >= 11 is 1.11. The Labute approximate surface area is 179 Å². The van der Waals surface area contributed by atoms with Gasteiger partial charge in [-0.25, -0.2) is 0 Å². The molecule has 4 aromatic rings. The molecule has 5 heteroatoms. The van der Waals surface area contributed by atoms with Gasteiger partial charge in [-0.3, -0.25) is 7.94 Å². The lowest BCUT2D eigenvalue weighted by Gasteiger charge is -2.20. The van der Waals surface area contributed by atoms with Crippen LogP contribution in [0.2, 0.25) is 0 Å². The molecule has 0 amide bonds. The van der Waals surface area contributed by atoms with Crippen LogP contribution in [-0.4, -0.2) is 0 Å². The third-order valence-electron chi connectivity index (χ3n) is 4.17. The molecule has 0 saturated heterocycles. The first-order chi connectivity index (χ1) is 14.4. The van der Waals surface area contributed by atoms with E-state index in [9.17, 15) is 0 Å². The SMILES string of the molecule is c1ccc(P(OSOP(c2ccccc2)c2ccccc2)c2ccccc2)cc1. The van der Waals surface area contributed by atoms with E-state index in [-0.39, 0.29) is 0 Å². The molecule has 0 atom stereocenters. The summed E-state index contributed by atoms with van der Waals surface area (Å²) in [6.45, 7) is 0. The predicted octanol–water partition coefficient (Wildman–Crippen LogP) is 5.68. The van der Waals surface area contributed by atoms with Crippen LogP contribution in [0.3, 0.4) is 0 Å². The van der Waals surface area contributed by atoms with Gasteiger partial charge < -0.3 is 0 Å². The molecule has 0 spiro atoms. The minimum atomic E-state index is -0.971. The summed E-state index contributed by atoms with van der Waals surface area (Å²) in [7, 11) is -1.94. The molecule has 29 heavy (non-hydrogen) atoms. The van der Waals surface area contributed by atoms with Gasteiger partial charge in [0.1, 0.15) is 16.3 Å². The summed E-state index contributed by atoms with van der Waals surface area (Å²) in [5.74, 6) is 0. The van der Waals surface area contributed by atoms with E-state index >= 15 is 0 Å². The molecule has 0 bridgehead atoms. The quantitative estimate of drug-likeness (QED) is 0.263. The fraction of sp³-hybridized carbons (Fsp3) is 0. The molecule has 0 aromatic heterocycles. The Balaban J connectivity index is 1.53. The van der Waals surface area contributed by atoms with Gasteiger partial charge in [-0.15, -0.1) is 0 Å². The van der Waals surface area contributed by atoms with Crippen molar-refractivity contribution in [3.63, 3.8) is 0 Å². The van der Waals surface area contributed by atoms with Crippen molar-refractivity contribution in [2.45, 2.75) is 0 Å². The largest absolute Gasteiger partial charge is 0.259 e. The average molecular weight is 434 g/mol. The second-order valence-electron chi connectivity index (χ2n) is 6.15. The Morgan fingerprint density at radius 1 is 0.379 bits per heavy atom. The topological polar surface area (TPSA) is 18.5 Å². The predicted molar refractivity (Wildman–Crippen MR) is 128 cm³/mol. The van der Waals surface area contributed by atoms with Crippen molar-refractivity contribution in [2.75, 3.05) is 0 Å². The summed E-state index contributed by atoms with van der Waals surface area (Å²) in [5, 5.41) is 4.64. The van der Waals surface area contributed by atoms with Gasteiger partial charge in [0.15, 0.2) is 12.3 Å². The second kappa shape index (κ2) is 10.7. The maximum atomic E-state index is 6.26. The van der Waals surface area contributed by atoms with Crippen LogP contribution in [0, 0.1) is 0 Å². The van der Waals surface area contributed by atoms with Crippen LogP contribution in [0.15, 0.2) is 121 Å². The van der Waals surface area contributed by atoms with Crippen LogP contribution in [0.4, 0.5) is 0 Å². The molecule has 0 heterocycles. The third kappa shape index (κ3) is 5.54. The number of rotatable bonds is 8. The summed E-state index contributed by atoms with van der Waals surface area (Å²) in [4.78, 5) is 0. The van der Waals surface area contributed by atoms with Gasteiger partial charge in [-0.1, -0.05) is 121 Å². The van der Waals surface area contributed by atoms with Crippen LogP contribution < -0.4 is 21.2 Å². The fourth-order valence-corrected chi connectivity index (χ4v) is 7.38. The highest BCUT2D eigenvalue weighted by Crippen LogP contribution is 2.46. The van der Waals surface area contributed by atoms with E-state index < -0.39 is 16.3 Å². The highest BCUT2D eigenvalue weighted by Gasteiger charge is 2.20. The number of benzene rings is 4. The van der Waals surface area contributed by atoms with Crippen molar-refractivity contribution in [3.05, 3.63) is 121 Å². The maximum Gasteiger partial charge on any atom is 0.167 e. The van der Waals surface area contributed by atoms with Crippen LogP contribution in [0.1, 0.15) is 0 Å². The Kier molecular flexibility index (Phi) is 7.48. The Bertz CT molecular complexity index is 824. The molecule has 0 aliphatic heterocycles. The van der Waals surface area contributed by atoms with Gasteiger partial charge in [-0.05, 0) is 0 Å². The standard InChI is InChI=1S/C24H20O2P2S/c1-5-13-21(14-6-1)27(22-15-7-2-8-16-22)25-29-26-28(23-17-9-3-10-18-23)24-19-11-4-12-20-24/h1-20H. The molecule has 0 aliphatic rings. The van der Waals surface area contributed by atoms with Crippen molar-refractivity contribution >= 4 is 49.8 Å². The molecule has 2 nitrogen and oxygen atoms in total. The maximum absolute atomic E-state index is 6.26. The highest BCUT2D eigenvalue weighted by molar-refractivity contribution is 7.99. The van der Waals surface area contributed by atoms with Crippen LogP contribution in [-0.2, 0) is 7.94 Å². The first kappa shape index (κ1) is 20.3. The molecular formula is C24H20O2P2S. The summed E-state index contributed by atoms with van der Waals surface area (Å²) in [5.41, 5.74) is 0. The van der Waals surface area contributed by atoms with Crippen molar-refractivity contribution in [2.24, 2.45) is 0 Å². The third-order valence-corrected chi connectivity index (χ3v) is 8.92. The molecule has 0 N–H and O–H groups in total. The lowest BCUT2D eigenvalue weighted by Crippen LogP contribution is -2.13. The zero-order chi connectivity index (χ0) is 19.7. The Hall–Kier alpha value is -1.99. The van der Waals surface area contributed by atoms with Gasteiger partial charge in [0.2, 0.25) is 0 Å². The minimum absolute atomic E-state index is 0.971. The van der Waals surface area contributed by atoms with Crippen molar-refractivity contribution in [3.8, 4) is 0 Å². The van der Waals surface area contributed by atoms with E-state index in [0.29, 0.717) is 0 Å². The lowest BCUT2D eigenvalue weighted by atomic mass is 10.4. The molecule has 144 valence electrons. The highest BCUT2D eigenvalue weighted by atomic mass is 32.2. The van der Waals surface area contributed by atoms with Crippen LogP contribution in [0.25, 0.3) is 0 Å². The number of hydrogen-bond donors (Lipinski definition) is 0. The molecule has 0 unspecified atom stereocenters. The van der Waals surface area contributed by atoms with Crippen LogP contribution in [0.5, 0.6) is 0 Å². The monoisotopic (exact) mass is 434 g/mol. The number of hydrogen-bond acceptors (Lipinski definition) is 3. The molecular weight excluding hydrogens is 414 g/mol. The summed E-state index contributed by atoms with van der Waals surface area (Å²) in [6.07, 6.45) is 0. The van der Waals surface area contributed by atoms with Crippen molar-refractivity contribution in [1.82, 2.24) is 0 Å². The Morgan fingerprint density at radius 2 is 0.621 bits per heavy atom. The van der Waals surface area contributed by atoms with Crippen molar-refractivity contribution in [1.29, 1.82) is 0 Å². The van der Waals surface area contributed by atoms with Gasteiger partial charge in [-0.2, -0.15) is 0 Å². The second-order valence-corrected chi connectivity index (χ2v) is 10.7. The lowest BCUT2D eigenvalue weighted by molar-refractivity contribution is 0.621. The minimum Gasteiger partial charge on any atom is -0.259 e. The molecule has 0 saturated carbocycles. The van der Waals surface area contributed by atoms with Gasteiger partial charge in [0.05, 0.1) is 0 Å². The molecule has 0 aliphatic carbocycles. The summed E-state index contributed by atoms with van der Waals surface area (Å²) < 4.78 is 12.5. The molecule has 4 rings (SSSR count). The zero-order valence-electron chi connectivity index (χ0n) is 15.7. The molecule has 0 radical (unpaired) electrons. The average Bonchev–Trinajstić information content (AvgIpc) is 2.81. The Morgan fingerprint density at radius 3 is 0.862 bits per heavy atom. The molecule has 4 aromatic carbocycles. The first-order valence-corrected chi connectivity index (χ1v) is 12.4. The summed E-state index contributed by atoms with van der Waals surface area (Å²) in [6, 6.07) is 41.3. The zero-order valence-corrected chi connectivity index (χ0v) is 18.3. The smallest absolute Gasteiger partial charge is 0.167 e. The van der Waals surface area contributed by atoms with Gasteiger partial charge >= 0.3 is 0 Å². The van der Waals surface area contributed by atoms with E-state index in [2.05, 4.69) is 48.5 Å². The van der Waals surface area contributed by atoms with Gasteiger partial charge in [0.25, 0.3) is 0 Å². The van der Waals surface area contributed by atoms with Crippen LogP contribution >= 0.6 is 28.6 Å². The van der Waals surface area contributed by atoms with E-state index in [4.69, 9.17) is 7.94 Å². The van der Waals surface area contributed by atoms with Gasteiger partial charge in [0, 0.05) is 21.2 Å².